The van der Waals surface area contributed by atoms with Crippen molar-refractivity contribution in [2.75, 3.05) is 20.4 Å². The number of ketones is 2. The number of rotatable bonds is 5. The van der Waals surface area contributed by atoms with Crippen molar-refractivity contribution in [3.05, 3.63) is 51.3 Å². The van der Waals surface area contributed by atoms with Crippen LogP contribution in [0.4, 0.5) is 0 Å². The third-order valence-electron chi connectivity index (χ3n) is 7.27. The minimum absolute atomic E-state index is 0.109. The Labute approximate surface area is 201 Å². The van der Waals surface area contributed by atoms with Gasteiger partial charge in [-0.2, -0.15) is 11.8 Å². The van der Waals surface area contributed by atoms with E-state index in [-0.39, 0.29) is 35.8 Å². The van der Waals surface area contributed by atoms with E-state index in [1.54, 1.807) is 19.0 Å². The summed E-state index contributed by atoms with van der Waals surface area (Å²) in [7, 11) is 3.28. The molecule has 0 saturated heterocycles. The van der Waals surface area contributed by atoms with Crippen LogP contribution in [0.3, 0.4) is 0 Å². The topological polar surface area (TPSA) is 167 Å². The van der Waals surface area contributed by atoms with E-state index in [1.165, 1.54) is 17.8 Å². The lowest BCUT2D eigenvalue weighted by Crippen LogP contribution is -2.61. The quantitative estimate of drug-likeness (QED) is 0.373. The second-order valence-electron chi connectivity index (χ2n) is 9.39. The number of amides is 1. The number of Topliss-reactive ketones (excluding diaryl/α,β-unsaturated/α-hetero) is 2. The van der Waals surface area contributed by atoms with Crippen LogP contribution in [-0.4, -0.2) is 69.7 Å². The fraction of sp³-hybridized carbons (Fsp3) is 0.458. The number of carbonyl (C=O) groups is 3. The third kappa shape index (κ3) is 3.39. The highest BCUT2D eigenvalue weighted by atomic mass is 32.2. The predicted molar refractivity (Wildman–Crippen MR) is 127 cm³/mol. The first kappa shape index (κ1) is 24.5. The lowest BCUT2D eigenvalue weighted by atomic mass is 9.59. The molecule has 3 aliphatic rings. The Morgan fingerprint density at radius 3 is 2.50 bits per heavy atom. The van der Waals surface area contributed by atoms with Crippen molar-refractivity contribution in [2.45, 2.75) is 36.8 Å². The Morgan fingerprint density at radius 2 is 1.94 bits per heavy atom. The van der Waals surface area contributed by atoms with Crippen LogP contribution >= 0.6 is 11.8 Å². The van der Waals surface area contributed by atoms with Gasteiger partial charge in [-0.15, -0.1) is 0 Å². The number of nitrogens with zero attached hydrogens (tertiary/aromatic N) is 1. The Balaban J connectivity index is 1.94. The molecule has 0 radical (unpaired) electrons. The molecule has 0 heterocycles. The number of hydrogen-bond acceptors (Lipinski definition) is 9. The lowest BCUT2D eigenvalue weighted by molar-refractivity contribution is -0.133. The van der Waals surface area contributed by atoms with E-state index < -0.39 is 46.4 Å². The molecule has 0 bridgehead atoms. The fourth-order valence-electron chi connectivity index (χ4n) is 5.76. The summed E-state index contributed by atoms with van der Waals surface area (Å²) in [5, 5.41) is 33.4. The standard InChI is InChI=1S/C24H29N3O6S/c1-27(2)18-15-6-10-5-13-11(8-25)4-12(9-34-3)19(28)16(13)20(29)14(10)7-24(15,33)22(31)17(21(18)30)23(26)32/h4,7,10,15,18,28,31,33H,5-6,8-9,25H2,1-3H3,(H2,26,32)/t10-,15-,18?,24+/m0/s1. The molecular weight excluding hydrogens is 458 g/mol. The molecule has 0 fully saturated rings. The highest BCUT2D eigenvalue weighted by Crippen LogP contribution is 2.51. The molecule has 0 saturated carbocycles. The zero-order valence-electron chi connectivity index (χ0n) is 19.3. The molecule has 9 nitrogen and oxygen atoms in total. The van der Waals surface area contributed by atoms with Gasteiger partial charge in [-0.25, -0.2) is 0 Å². The van der Waals surface area contributed by atoms with E-state index in [9.17, 15) is 29.7 Å². The van der Waals surface area contributed by atoms with E-state index in [4.69, 9.17) is 11.5 Å². The predicted octanol–water partition coefficient (Wildman–Crippen LogP) is 0.557. The van der Waals surface area contributed by atoms with E-state index in [2.05, 4.69) is 0 Å². The number of phenolic OH excluding ortho intramolecular Hbond substituents is 1. The summed E-state index contributed by atoms with van der Waals surface area (Å²) in [5.41, 5.74) is 11.0. The van der Waals surface area contributed by atoms with Crippen LogP contribution in [0.25, 0.3) is 0 Å². The zero-order chi connectivity index (χ0) is 25.1. The Morgan fingerprint density at radius 1 is 1.26 bits per heavy atom. The first-order valence-corrected chi connectivity index (χ1v) is 12.4. The number of aliphatic hydroxyl groups is 2. The number of aliphatic hydroxyl groups excluding tert-OH is 1. The maximum atomic E-state index is 13.7. The number of primary amides is 1. The van der Waals surface area contributed by atoms with Gasteiger partial charge in [-0.1, -0.05) is 0 Å². The molecule has 0 spiro atoms. The van der Waals surface area contributed by atoms with E-state index in [1.807, 2.05) is 12.3 Å². The number of benzene rings is 1. The largest absolute Gasteiger partial charge is 0.508 e. The maximum Gasteiger partial charge on any atom is 0.255 e. The van der Waals surface area contributed by atoms with Gasteiger partial charge in [0.2, 0.25) is 0 Å². The number of thioether (sulfide) groups is 1. The molecule has 0 aliphatic heterocycles. The smallest absolute Gasteiger partial charge is 0.255 e. The average molecular weight is 488 g/mol. The molecule has 1 unspecified atom stereocenters. The van der Waals surface area contributed by atoms with Crippen LogP contribution in [0.1, 0.15) is 33.5 Å². The minimum Gasteiger partial charge on any atom is -0.508 e. The van der Waals surface area contributed by atoms with Crippen molar-refractivity contribution >= 4 is 29.2 Å². The molecule has 10 heteroatoms. The maximum absolute atomic E-state index is 13.7. The van der Waals surface area contributed by atoms with Gasteiger partial charge < -0.3 is 26.8 Å². The van der Waals surface area contributed by atoms with Crippen LogP contribution in [0.5, 0.6) is 5.75 Å². The fourth-order valence-corrected chi connectivity index (χ4v) is 6.29. The van der Waals surface area contributed by atoms with Gasteiger partial charge in [0.25, 0.3) is 5.91 Å². The molecular formula is C24H29N3O6S. The number of fused-ring (bicyclic) bond motifs is 3. The number of phenols is 1. The second kappa shape index (κ2) is 8.53. The molecule has 1 aromatic rings. The summed E-state index contributed by atoms with van der Waals surface area (Å²) in [6, 6.07) is 0.899. The van der Waals surface area contributed by atoms with Gasteiger partial charge in [0.05, 0.1) is 11.6 Å². The number of likely N-dealkylation sites (N-methyl/N-ethyl adjacent to an activating group) is 1. The summed E-state index contributed by atoms with van der Waals surface area (Å²) in [4.78, 5) is 40.3. The van der Waals surface area contributed by atoms with Gasteiger partial charge >= 0.3 is 0 Å². The monoisotopic (exact) mass is 487 g/mol. The normalized spacial score (nSPS) is 28.4. The number of allylic oxidation sites excluding steroid dienone is 1. The van der Waals surface area contributed by atoms with Gasteiger partial charge in [-0.05, 0) is 62.4 Å². The zero-order valence-corrected chi connectivity index (χ0v) is 20.1. The van der Waals surface area contributed by atoms with E-state index >= 15 is 0 Å². The minimum atomic E-state index is -2.13. The Hall–Kier alpha value is -2.66. The van der Waals surface area contributed by atoms with Crippen LogP contribution in [0.2, 0.25) is 0 Å². The van der Waals surface area contributed by atoms with Crippen molar-refractivity contribution in [2.24, 2.45) is 23.3 Å². The molecule has 4 atom stereocenters. The summed E-state index contributed by atoms with van der Waals surface area (Å²) in [5.74, 6) is -3.89. The summed E-state index contributed by atoms with van der Waals surface area (Å²) >= 11 is 1.50. The first-order valence-electron chi connectivity index (χ1n) is 11.0. The van der Waals surface area contributed by atoms with Crippen LogP contribution in [-0.2, 0) is 28.3 Å². The second-order valence-corrected chi connectivity index (χ2v) is 10.3. The third-order valence-corrected chi connectivity index (χ3v) is 7.87. The number of carbonyl (C=O) groups excluding carboxylic acids is 3. The van der Waals surface area contributed by atoms with E-state index in [0.717, 1.165) is 5.56 Å². The van der Waals surface area contributed by atoms with Crippen molar-refractivity contribution in [3.63, 3.8) is 0 Å². The number of nitrogens with two attached hydrogens (primary N) is 2. The van der Waals surface area contributed by atoms with Gasteiger partial charge in [0.15, 0.2) is 11.6 Å². The number of hydrogen-bond donors (Lipinski definition) is 5. The van der Waals surface area contributed by atoms with Gasteiger partial charge in [0, 0.05) is 29.4 Å². The molecule has 7 N–H and O–H groups in total. The first-order chi connectivity index (χ1) is 16.0. The van der Waals surface area contributed by atoms with Crippen LogP contribution < -0.4 is 11.5 Å². The van der Waals surface area contributed by atoms with Crippen molar-refractivity contribution in [1.82, 2.24) is 4.90 Å². The summed E-state index contributed by atoms with van der Waals surface area (Å²) in [6.07, 6.45) is 3.73. The number of aromatic hydroxyl groups is 1. The SMILES string of the molecule is CSCc1cc(CN)c2c(c1O)C(=O)C1=C[C@]3(O)C(O)=C(C(N)=O)C(=O)C(N(C)C)[C@@H]3C[C@@H]1C2. The molecule has 1 aromatic carbocycles. The molecule has 4 rings (SSSR count). The highest BCUT2D eigenvalue weighted by molar-refractivity contribution is 7.97. The van der Waals surface area contributed by atoms with Crippen LogP contribution in [0, 0.1) is 11.8 Å². The van der Waals surface area contributed by atoms with E-state index in [0.29, 0.717) is 23.3 Å². The van der Waals surface area contributed by atoms with Gasteiger partial charge in [-0.3, -0.25) is 19.3 Å². The van der Waals surface area contributed by atoms with Crippen molar-refractivity contribution < 1.29 is 29.7 Å². The Bertz CT molecular complexity index is 1170. The Kier molecular flexibility index (Phi) is 6.14. The molecule has 1 amide bonds. The highest BCUT2D eigenvalue weighted by Gasteiger charge is 2.58. The average Bonchev–Trinajstić information content (AvgIpc) is 2.76. The van der Waals surface area contributed by atoms with Crippen molar-refractivity contribution in [1.29, 1.82) is 0 Å². The molecule has 0 aromatic heterocycles. The summed E-state index contributed by atoms with van der Waals surface area (Å²) < 4.78 is 0. The lowest BCUT2D eigenvalue weighted by Gasteiger charge is -2.49. The van der Waals surface area contributed by atoms with Gasteiger partial charge in [0.1, 0.15) is 22.7 Å². The van der Waals surface area contributed by atoms with Crippen LogP contribution in [0.15, 0.2) is 29.0 Å². The molecule has 3 aliphatic carbocycles. The molecule has 34 heavy (non-hydrogen) atoms. The molecule has 182 valence electrons. The van der Waals surface area contributed by atoms with Crippen molar-refractivity contribution in [3.8, 4) is 5.75 Å². The summed E-state index contributed by atoms with van der Waals surface area (Å²) in [6.45, 7) is 0.195.